The van der Waals surface area contributed by atoms with E-state index in [-0.39, 0.29) is 0 Å². The highest BCUT2D eigenvalue weighted by molar-refractivity contribution is 5.78. The van der Waals surface area contributed by atoms with Crippen LogP contribution in [-0.2, 0) is 9.59 Å². The lowest BCUT2D eigenvalue weighted by Crippen LogP contribution is -2.33. The number of aryl methyl sites for hydroxylation is 1. The van der Waals surface area contributed by atoms with E-state index in [2.05, 4.69) is 0 Å². The molecular formula is C13H17NO3. The van der Waals surface area contributed by atoms with E-state index in [4.69, 9.17) is 0 Å². The molecule has 0 aliphatic rings. The minimum atomic E-state index is -1.01. The minimum absolute atomic E-state index is 0.439. The average molecular weight is 235 g/mol. The van der Waals surface area contributed by atoms with E-state index in [0.29, 0.717) is 18.5 Å². The van der Waals surface area contributed by atoms with Gasteiger partial charge in [-0.25, -0.2) is 4.79 Å². The Balaban J connectivity index is 3.03. The van der Waals surface area contributed by atoms with Crippen molar-refractivity contribution >= 4 is 12.4 Å². The molecule has 4 heteroatoms. The van der Waals surface area contributed by atoms with Crippen molar-refractivity contribution in [2.75, 3.05) is 6.54 Å². The molecule has 0 aromatic heterocycles. The summed E-state index contributed by atoms with van der Waals surface area (Å²) in [6, 6.07) is 6.30. The number of hydrogen-bond acceptors (Lipinski definition) is 2. The number of hydrogen-bond donors (Lipinski definition) is 1. The van der Waals surface area contributed by atoms with Crippen LogP contribution in [0.3, 0.4) is 0 Å². The van der Waals surface area contributed by atoms with Gasteiger partial charge in [0.1, 0.15) is 0 Å². The Labute approximate surface area is 101 Å². The van der Waals surface area contributed by atoms with Gasteiger partial charge < -0.3 is 10.0 Å². The van der Waals surface area contributed by atoms with Crippen LogP contribution in [0, 0.1) is 6.92 Å². The van der Waals surface area contributed by atoms with Crippen LogP contribution in [0.5, 0.6) is 0 Å². The highest BCUT2D eigenvalue weighted by Crippen LogP contribution is 2.20. The minimum Gasteiger partial charge on any atom is -0.479 e. The molecule has 0 fully saturated rings. The predicted molar refractivity (Wildman–Crippen MR) is 64.6 cm³/mol. The first kappa shape index (κ1) is 13.2. The van der Waals surface area contributed by atoms with Gasteiger partial charge in [0, 0.05) is 6.54 Å². The molecule has 0 aliphatic heterocycles. The van der Waals surface area contributed by atoms with Crippen LogP contribution in [0.1, 0.15) is 30.5 Å². The molecule has 1 rings (SSSR count). The molecular weight excluding hydrogens is 218 g/mol. The van der Waals surface area contributed by atoms with E-state index < -0.39 is 12.0 Å². The third-order valence-corrected chi connectivity index (χ3v) is 2.58. The van der Waals surface area contributed by atoms with E-state index in [0.717, 1.165) is 12.0 Å². The van der Waals surface area contributed by atoms with E-state index in [1.54, 1.807) is 12.1 Å². The number of carbonyl (C=O) groups is 2. The van der Waals surface area contributed by atoms with Crippen molar-refractivity contribution in [1.82, 2.24) is 4.90 Å². The Kier molecular flexibility index (Phi) is 4.69. The first-order valence-electron chi connectivity index (χ1n) is 5.60. The molecule has 1 amide bonds. The summed E-state index contributed by atoms with van der Waals surface area (Å²) in [6.45, 7) is 4.28. The second-order valence-corrected chi connectivity index (χ2v) is 3.99. The Hall–Kier alpha value is -1.84. The van der Waals surface area contributed by atoms with Crippen LogP contribution in [0.15, 0.2) is 24.3 Å². The van der Waals surface area contributed by atoms with Gasteiger partial charge in [-0.3, -0.25) is 4.79 Å². The Morgan fingerprint density at radius 3 is 2.41 bits per heavy atom. The smallest absolute Gasteiger partial charge is 0.331 e. The van der Waals surface area contributed by atoms with Gasteiger partial charge in [0.15, 0.2) is 6.04 Å². The summed E-state index contributed by atoms with van der Waals surface area (Å²) in [7, 11) is 0. The lowest BCUT2D eigenvalue weighted by molar-refractivity contribution is -0.146. The van der Waals surface area contributed by atoms with Crippen molar-refractivity contribution in [3.05, 3.63) is 35.4 Å². The van der Waals surface area contributed by atoms with Gasteiger partial charge in [0.25, 0.3) is 0 Å². The molecule has 0 heterocycles. The lowest BCUT2D eigenvalue weighted by Gasteiger charge is -2.24. The van der Waals surface area contributed by atoms with E-state index >= 15 is 0 Å². The highest BCUT2D eigenvalue weighted by Gasteiger charge is 2.25. The normalized spacial score (nSPS) is 11.9. The maximum Gasteiger partial charge on any atom is 0.331 e. The van der Waals surface area contributed by atoms with Crippen LogP contribution in [0.4, 0.5) is 0 Å². The predicted octanol–water partition coefficient (Wildman–Crippen LogP) is 1.99. The molecule has 0 radical (unpaired) electrons. The molecule has 0 saturated heterocycles. The van der Waals surface area contributed by atoms with Gasteiger partial charge >= 0.3 is 5.97 Å². The maximum absolute atomic E-state index is 11.3. The number of rotatable bonds is 6. The Morgan fingerprint density at radius 2 is 2.00 bits per heavy atom. The van der Waals surface area contributed by atoms with Gasteiger partial charge in [-0.15, -0.1) is 0 Å². The number of nitrogens with zero attached hydrogens (tertiary/aromatic N) is 1. The number of carbonyl (C=O) groups excluding carboxylic acids is 1. The molecule has 0 aliphatic carbocycles. The highest BCUT2D eigenvalue weighted by atomic mass is 16.4. The fourth-order valence-corrected chi connectivity index (χ4v) is 1.73. The van der Waals surface area contributed by atoms with Gasteiger partial charge in [-0.1, -0.05) is 36.8 Å². The zero-order valence-electron chi connectivity index (χ0n) is 10.1. The van der Waals surface area contributed by atoms with E-state index in [9.17, 15) is 14.7 Å². The molecule has 0 saturated carbocycles. The van der Waals surface area contributed by atoms with Crippen LogP contribution >= 0.6 is 0 Å². The SMILES string of the molecule is CCCN(C=O)C(C(=O)O)c1ccc(C)cc1. The van der Waals surface area contributed by atoms with Gasteiger partial charge in [-0.2, -0.15) is 0 Å². The summed E-state index contributed by atoms with van der Waals surface area (Å²) in [5.41, 5.74) is 1.69. The van der Waals surface area contributed by atoms with Crippen molar-refractivity contribution in [3.8, 4) is 0 Å². The number of carboxylic acids is 1. The van der Waals surface area contributed by atoms with Gasteiger partial charge in [-0.05, 0) is 18.9 Å². The lowest BCUT2D eigenvalue weighted by atomic mass is 10.0. The fraction of sp³-hybridized carbons (Fsp3) is 0.385. The Bertz CT molecular complexity index is 386. The number of benzene rings is 1. The summed E-state index contributed by atoms with van der Waals surface area (Å²) in [4.78, 5) is 23.5. The van der Waals surface area contributed by atoms with Crippen LogP contribution in [0.25, 0.3) is 0 Å². The molecule has 92 valence electrons. The second-order valence-electron chi connectivity index (χ2n) is 3.99. The summed E-state index contributed by atoms with van der Waals surface area (Å²) < 4.78 is 0. The summed E-state index contributed by atoms with van der Waals surface area (Å²) >= 11 is 0. The molecule has 1 unspecified atom stereocenters. The number of aliphatic carboxylic acids is 1. The molecule has 4 nitrogen and oxygen atoms in total. The topological polar surface area (TPSA) is 57.6 Å². The second kappa shape index (κ2) is 6.03. The average Bonchev–Trinajstić information content (AvgIpc) is 2.30. The van der Waals surface area contributed by atoms with Crippen LogP contribution in [-0.4, -0.2) is 28.9 Å². The monoisotopic (exact) mass is 235 g/mol. The summed E-state index contributed by atoms with van der Waals surface area (Å²) in [6.07, 6.45) is 1.33. The fourth-order valence-electron chi connectivity index (χ4n) is 1.73. The van der Waals surface area contributed by atoms with Crippen molar-refractivity contribution in [2.45, 2.75) is 26.3 Å². The maximum atomic E-state index is 11.3. The van der Waals surface area contributed by atoms with E-state index in [1.807, 2.05) is 26.0 Å². The van der Waals surface area contributed by atoms with Crippen molar-refractivity contribution < 1.29 is 14.7 Å². The third-order valence-electron chi connectivity index (χ3n) is 2.58. The standard InChI is InChI=1S/C13H17NO3/c1-3-8-14(9-15)12(13(16)17)11-6-4-10(2)5-7-11/h4-7,9,12H,3,8H2,1-2H3,(H,16,17). The van der Waals surface area contributed by atoms with E-state index in [1.165, 1.54) is 4.90 Å². The van der Waals surface area contributed by atoms with Crippen LogP contribution < -0.4 is 0 Å². The van der Waals surface area contributed by atoms with Crippen molar-refractivity contribution in [3.63, 3.8) is 0 Å². The first-order chi connectivity index (χ1) is 8.10. The molecule has 1 aromatic carbocycles. The van der Waals surface area contributed by atoms with Crippen molar-refractivity contribution in [1.29, 1.82) is 0 Å². The number of carboxylic acid groups (broad SMARTS) is 1. The number of amides is 1. The molecule has 0 spiro atoms. The molecule has 1 atom stereocenters. The molecule has 0 bridgehead atoms. The van der Waals surface area contributed by atoms with Crippen molar-refractivity contribution in [2.24, 2.45) is 0 Å². The Morgan fingerprint density at radius 1 is 1.41 bits per heavy atom. The summed E-state index contributed by atoms with van der Waals surface area (Å²) in [5, 5.41) is 9.22. The van der Waals surface area contributed by atoms with Crippen LogP contribution in [0.2, 0.25) is 0 Å². The largest absolute Gasteiger partial charge is 0.479 e. The first-order valence-corrected chi connectivity index (χ1v) is 5.60. The third kappa shape index (κ3) is 3.31. The molecule has 1 aromatic rings. The summed E-state index contributed by atoms with van der Waals surface area (Å²) in [5.74, 6) is -1.01. The zero-order valence-corrected chi connectivity index (χ0v) is 10.1. The van der Waals surface area contributed by atoms with Gasteiger partial charge in [0.2, 0.25) is 6.41 Å². The quantitative estimate of drug-likeness (QED) is 0.767. The van der Waals surface area contributed by atoms with Gasteiger partial charge in [0.05, 0.1) is 0 Å². The molecule has 17 heavy (non-hydrogen) atoms. The molecule has 1 N–H and O–H groups in total. The zero-order chi connectivity index (χ0) is 12.8.